The van der Waals surface area contributed by atoms with Crippen molar-refractivity contribution in [3.05, 3.63) is 103 Å². The van der Waals surface area contributed by atoms with Crippen LogP contribution in [0.5, 0.6) is 0 Å². The Kier molecular flexibility index (Phi) is 21.1. The van der Waals surface area contributed by atoms with Gasteiger partial charge < -0.3 is 29.9 Å². The fourth-order valence-corrected chi connectivity index (χ4v) is 18.9. The van der Waals surface area contributed by atoms with E-state index in [0.29, 0.717) is 48.2 Å². The van der Waals surface area contributed by atoms with Gasteiger partial charge in [0.1, 0.15) is 12.3 Å². The fourth-order valence-electron chi connectivity index (χ4n) is 18.9. The van der Waals surface area contributed by atoms with Crippen molar-refractivity contribution >= 4 is 112 Å². The molecule has 8 aromatic rings. The van der Waals surface area contributed by atoms with E-state index in [4.69, 9.17) is 20.2 Å². The molecule has 28 heteroatoms. The van der Waals surface area contributed by atoms with Crippen LogP contribution in [0.3, 0.4) is 0 Å². The van der Waals surface area contributed by atoms with Gasteiger partial charge in [-0.1, -0.05) is 13.8 Å². The molecule has 6 aliphatic heterocycles. The van der Waals surface area contributed by atoms with Crippen molar-refractivity contribution in [1.82, 2.24) is 100 Å². The number of H-pyrrole nitrogens is 6. The highest BCUT2D eigenvalue weighted by atomic mass is 15.9. The Morgan fingerprint density at radius 1 is 0.373 bits per heavy atom. The van der Waals surface area contributed by atoms with Gasteiger partial charge in [0, 0.05) is 99.9 Å². The van der Waals surface area contributed by atoms with Gasteiger partial charge in [-0.05, 0) is 206 Å². The fraction of sp³-hybridized carbons (Fsp3) is 0.537. The highest BCUT2D eigenvalue weighted by Crippen LogP contribution is 2.48. The molecule has 0 spiro atoms. The third-order valence-electron chi connectivity index (χ3n) is 24.0. The van der Waals surface area contributed by atoms with Crippen molar-refractivity contribution in [2.24, 2.45) is 26.1 Å². The quantitative estimate of drug-likeness (QED) is 0.104. The highest BCUT2D eigenvalue weighted by Gasteiger charge is 2.45. The number of aromatic nitrogens is 12. The SMILES string of the molecule is CC1=c2nc[nH]c2=C(C)C2=NC(C(C)C)N(C)C21.CC1=c2nc[nH]c2=C(C)C2=NC(C)N(C(C)C)C21.CC1=c2nc[nH]c2=C(C)C2=NN(C(C)C)N(C)C21.CC1=c2nc[nH]c2=C(C)C2=NN(C)N(C(C)C)C21.Cc1c2c(c(C)c3[nH]cnc13)N(C(C)C)N(C)N2C.Cc1c2c(c(C)c3[nH]cnc13)N(C)N(C(C)C)N2C. The molecule has 6 N–H and O–H groups in total. The van der Waals surface area contributed by atoms with Crippen molar-refractivity contribution in [3.63, 3.8) is 0 Å². The summed E-state index contributed by atoms with van der Waals surface area (Å²) in [5, 5.41) is 40.3. The van der Waals surface area contributed by atoms with Crippen LogP contribution >= 0.6 is 0 Å². The summed E-state index contributed by atoms with van der Waals surface area (Å²) in [5.41, 5.74) is 29.2. The van der Waals surface area contributed by atoms with E-state index in [2.05, 4.69) is 330 Å². The van der Waals surface area contributed by atoms with Crippen molar-refractivity contribution in [2.75, 3.05) is 69.4 Å². The number of hydrazine groups is 6. The van der Waals surface area contributed by atoms with Gasteiger partial charge in [0.05, 0.1) is 179 Å². The van der Waals surface area contributed by atoms with Crippen LogP contribution in [0.2, 0.25) is 0 Å². The van der Waals surface area contributed by atoms with Gasteiger partial charge in [0.15, 0.2) is 0 Å². The van der Waals surface area contributed by atoms with Gasteiger partial charge in [0.2, 0.25) is 0 Å². The van der Waals surface area contributed by atoms with Crippen LogP contribution < -0.4 is 62.8 Å². The molecule has 6 unspecified atom stereocenters. The average Bonchev–Trinajstić information content (AvgIpc) is 1.57. The molecule has 18 rings (SSSR count). The smallest absolute Gasteiger partial charge is 0.105 e. The van der Waals surface area contributed by atoms with Gasteiger partial charge in [-0.25, -0.2) is 40.1 Å². The van der Waals surface area contributed by atoms with Gasteiger partial charge in [0.25, 0.3) is 0 Å². The summed E-state index contributed by atoms with van der Waals surface area (Å²) in [4.78, 5) is 60.9. The molecule has 4 aliphatic carbocycles. The molecule has 0 fully saturated rings. The number of fused-ring (bicyclic) bond motifs is 12. The topological polar surface area (TPSA) is 260 Å². The zero-order chi connectivity index (χ0) is 79.9. The third-order valence-corrected chi connectivity index (χ3v) is 24.0. The number of imidazole rings is 6. The minimum absolute atomic E-state index is 0.225. The van der Waals surface area contributed by atoms with Crippen LogP contribution in [0.25, 0.3) is 66.7 Å². The van der Waals surface area contributed by atoms with Crippen molar-refractivity contribution in [2.45, 2.75) is 240 Å². The summed E-state index contributed by atoms with van der Waals surface area (Å²) in [5.74, 6) is 0.528. The highest BCUT2D eigenvalue weighted by molar-refractivity contribution is 6.27. The molecular formula is C82H120N28. The molecule has 0 radical (unpaired) electrons. The van der Waals surface area contributed by atoms with Gasteiger partial charge in [-0.2, -0.15) is 20.2 Å². The number of nitrogens with one attached hydrogen (secondary N) is 6. The second kappa shape index (κ2) is 29.6. The molecule has 0 saturated carbocycles. The number of hydrogen-bond acceptors (Lipinski definition) is 22. The van der Waals surface area contributed by atoms with E-state index in [0.717, 1.165) is 76.3 Å². The number of rotatable bonds is 6. The van der Waals surface area contributed by atoms with Crippen LogP contribution in [-0.2, 0) is 0 Å². The molecule has 6 atom stereocenters. The number of benzene rings is 2. The number of nitrogens with zero attached hydrogens (tertiary/aromatic N) is 22. The zero-order valence-electron chi connectivity index (χ0n) is 71.2. The third kappa shape index (κ3) is 12.4. The first-order valence-corrected chi connectivity index (χ1v) is 39.1. The predicted octanol–water partition coefficient (Wildman–Crippen LogP) is 6.48. The van der Waals surface area contributed by atoms with E-state index in [1.165, 1.54) is 101 Å². The molecule has 28 nitrogen and oxygen atoms in total. The van der Waals surface area contributed by atoms with Crippen LogP contribution in [0.15, 0.2) is 58.2 Å². The van der Waals surface area contributed by atoms with Gasteiger partial charge in [-0.3, -0.25) is 39.8 Å². The predicted molar refractivity (Wildman–Crippen MR) is 450 cm³/mol. The second-order valence-electron chi connectivity index (χ2n) is 32.9. The Morgan fingerprint density at radius 3 is 1.21 bits per heavy atom. The monoisotopic (exact) mass is 1500 g/mol. The maximum atomic E-state index is 4.94. The zero-order valence-corrected chi connectivity index (χ0v) is 71.2. The Morgan fingerprint density at radius 2 is 0.773 bits per heavy atom. The number of aromatic amines is 6. The van der Waals surface area contributed by atoms with Crippen molar-refractivity contribution < 1.29 is 0 Å². The molecule has 110 heavy (non-hydrogen) atoms. The maximum Gasteiger partial charge on any atom is 0.105 e. The molecular weight excluding hydrogens is 1380 g/mol. The lowest BCUT2D eigenvalue weighted by molar-refractivity contribution is -0.00991. The lowest BCUT2D eigenvalue weighted by atomic mass is 9.92. The Hall–Kier alpha value is -9.58. The van der Waals surface area contributed by atoms with Gasteiger partial charge in [-0.15, -0.1) is 10.2 Å². The van der Waals surface area contributed by atoms with Crippen molar-refractivity contribution in [3.8, 4) is 0 Å². The minimum Gasteiger partial charge on any atom is -0.344 e. The van der Waals surface area contributed by atoms with E-state index in [-0.39, 0.29) is 24.4 Å². The summed E-state index contributed by atoms with van der Waals surface area (Å²) < 4.78 is 0. The van der Waals surface area contributed by atoms with E-state index >= 15 is 0 Å². The molecule has 0 amide bonds. The lowest BCUT2D eigenvalue weighted by Gasteiger charge is -2.34. The molecule has 12 heterocycles. The summed E-state index contributed by atoms with van der Waals surface area (Å²) in [6.07, 6.45) is 11.2. The molecule has 0 bridgehead atoms. The largest absolute Gasteiger partial charge is 0.344 e. The molecule has 10 aliphatic rings. The molecule has 2 aromatic carbocycles. The van der Waals surface area contributed by atoms with Crippen LogP contribution in [0, 0.1) is 33.6 Å². The first kappa shape index (κ1) is 78.5. The average molecular weight is 1500 g/mol. The second-order valence-corrected chi connectivity index (χ2v) is 32.9. The normalized spacial score (nSPS) is 22.2. The maximum absolute atomic E-state index is 4.94. The summed E-state index contributed by atoms with van der Waals surface area (Å²) in [6.45, 7) is 54.4. The Labute approximate surface area is 647 Å². The van der Waals surface area contributed by atoms with E-state index in [1.807, 2.05) is 12.2 Å². The number of aliphatic imine (C=N–C) groups is 2. The van der Waals surface area contributed by atoms with Crippen LogP contribution in [0.1, 0.15) is 168 Å². The summed E-state index contributed by atoms with van der Waals surface area (Å²) in [7, 11) is 14.7. The molecule has 6 aromatic heterocycles. The summed E-state index contributed by atoms with van der Waals surface area (Å²) >= 11 is 0. The van der Waals surface area contributed by atoms with E-state index in [1.54, 1.807) is 38.0 Å². The van der Waals surface area contributed by atoms with Crippen molar-refractivity contribution in [1.29, 1.82) is 0 Å². The number of hydrogen-bond donors (Lipinski definition) is 6. The van der Waals surface area contributed by atoms with Crippen LogP contribution in [0.4, 0.5) is 22.7 Å². The number of aryl methyl sites for hydroxylation is 4. The Balaban J connectivity index is 0.000000116. The summed E-state index contributed by atoms with van der Waals surface area (Å²) in [6, 6.07) is 3.12. The van der Waals surface area contributed by atoms with E-state index < -0.39 is 0 Å². The van der Waals surface area contributed by atoms with Crippen LogP contribution in [-0.4, -0.2) is 239 Å². The number of hydrazone groups is 2. The van der Waals surface area contributed by atoms with E-state index in [9.17, 15) is 0 Å². The molecule has 588 valence electrons. The Bertz CT molecular complexity index is 5320. The lowest BCUT2D eigenvalue weighted by Crippen LogP contribution is -2.51. The molecule has 0 saturated heterocycles. The first-order chi connectivity index (χ1) is 52.0. The number of anilines is 4. The standard InChI is InChI=1S/2C14H21N5.2C14H20N4.2C13H19N5/c1-8(2)19-14-10(4)12-11(15-7-16-12)9(3)13(14)17(5)18(19)6;1-8(2)19-17(5)13-9(3)11-12(16-7-15-11)10(4)14(13)18(19)6;1-7(2)14-17-12-8(3)10-11(16-6-15-10)9(4)13(12)18(14)5;1-7(2)18-10(5)17-13-8(3)11-12(16-6-15-11)9(4)14(13)18;1-7(2)18-13-9(4)11-10(14-6-15-11)8(3)12(13)16-17(18)5;1-7(2)18-16-12-8(3)10-11(15-6-14-10)9(4)13(12)17(18)5/h2*7-8H,1-6H3,(H,15,16);6-7,13-14H,1-5H3,(H,15,16);6-7,10,14H,1-5H3,(H,15,16);2*6-7,13H,1-5H3,(H,14,15). The minimum atomic E-state index is 0.225. The van der Waals surface area contributed by atoms with Gasteiger partial charge >= 0.3 is 0 Å². The first-order valence-electron chi connectivity index (χ1n) is 39.1.